The van der Waals surface area contributed by atoms with Gasteiger partial charge in [-0.3, -0.25) is 0 Å². The van der Waals surface area contributed by atoms with Crippen molar-refractivity contribution in [1.82, 2.24) is 0 Å². The van der Waals surface area contributed by atoms with Crippen LogP contribution in [0.5, 0.6) is 5.75 Å². The Labute approximate surface area is 78.8 Å². The van der Waals surface area contributed by atoms with Crippen molar-refractivity contribution in [3.63, 3.8) is 0 Å². The van der Waals surface area contributed by atoms with Crippen molar-refractivity contribution >= 4 is 0 Å². The lowest BCUT2D eigenvalue weighted by molar-refractivity contribution is 0.317. The van der Waals surface area contributed by atoms with Crippen LogP contribution in [-0.2, 0) is 0 Å². The summed E-state index contributed by atoms with van der Waals surface area (Å²) in [5, 5.41) is 8.71. The first-order valence-corrected chi connectivity index (χ1v) is 4.41. The van der Waals surface area contributed by atoms with E-state index in [-0.39, 0.29) is 0 Å². The summed E-state index contributed by atoms with van der Waals surface area (Å²) in [5.74, 6) is 0.790. The molecular weight excluding hydrogens is 162 g/mol. The third kappa shape index (κ3) is 2.79. The summed E-state index contributed by atoms with van der Waals surface area (Å²) < 4.78 is 5.43. The molecule has 0 fully saturated rings. The minimum absolute atomic E-state index is 0.658. The molecule has 0 amide bonds. The molecule has 0 aliphatic rings. The van der Waals surface area contributed by atoms with Crippen molar-refractivity contribution in [1.29, 1.82) is 5.26 Å². The third-order valence-electron chi connectivity index (χ3n) is 1.65. The van der Waals surface area contributed by atoms with E-state index < -0.39 is 0 Å². The smallest absolute Gasteiger partial charge is 0.120 e. The molecule has 0 saturated heterocycles. The first-order valence-electron chi connectivity index (χ1n) is 4.41. The lowest BCUT2D eigenvalue weighted by Gasteiger charge is -2.05. The Morgan fingerprint density at radius 2 is 2.15 bits per heavy atom. The Bertz CT molecular complexity index is 325. The van der Waals surface area contributed by atoms with E-state index in [1.54, 1.807) is 6.07 Å². The monoisotopic (exact) mass is 175 g/mol. The predicted molar refractivity (Wildman–Crippen MR) is 51.7 cm³/mol. The minimum Gasteiger partial charge on any atom is -0.494 e. The van der Waals surface area contributed by atoms with Gasteiger partial charge in [0.25, 0.3) is 0 Å². The van der Waals surface area contributed by atoms with E-state index in [4.69, 9.17) is 10.00 Å². The van der Waals surface area contributed by atoms with Gasteiger partial charge in [0.05, 0.1) is 18.2 Å². The van der Waals surface area contributed by atoms with Gasteiger partial charge in [-0.1, -0.05) is 6.92 Å². The van der Waals surface area contributed by atoms with Crippen LogP contribution >= 0.6 is 0 Å². The van der Waals surface area contributed by atoms with Gasteiger partial charge in [-0.25, -0.2) is 0 Å². The SMILES string of the molecule is CCCOc1cc(C)cc(C#N)c1. The summed E-state index contributed by atoms with van der Waals surface area (Å²) in [6.45, 7) is 4.72. The Hall–Kier alpha value is -1.49. The molecule has 0 spiro atoms. The second-order valence-corrected chi connectivity index (χ2v) is 3.00. The highest BCUT2D eigenvalue weighted by molar-refractivity contribution is 5.40. The van der Waals surface area contributed by atoms with Crippen LogP contribution in [0.25, 0.3) is 0 Å². The van der Waals surface area contributed by atoms with Crippen LogP contribution in [0, 0.1) is 18.3 Å². The van der Waals surface area contributed by atoms with Crippen LogP contribution in [0.1, 0.15) is 24.5 Å². The molecule has 13 heavy (non-hydrogen) atoms. The van der Waals surface area contributed by atoms with E-state index in [2.05, 4.69) is 13.0 Å². The zero-order chi connectivity index (χ0) is 9.68. The summed E-state index contributed by atoms with van der Waals surface area (Å²) in [7, 11) is 0. The van der Waals surface area contributed by atoms with Crippen LogP contribution in [0.3, 0.4) is 0 Å². The van der Waals surface area contributed by atoms with E-state index in [1.807, 2.05) is 19.1 Å². The molecule has 0 N–H and O–H groups in total. The Morgan fingerprint density at radius 3 is 2.77 bits per heavy atom. The zero-order valence-corrected chi connectivity index (χ0v) is 8.00. The number of nitrogens with zero attached hydrogens (tertiary/aromatic N) is 1. The quantitative estimate of drug-likeness (QED) is 0.707. The van der Waals surface area contributed by atoms with Crippen molar-refractivity contribution in [2.75, 3.05) is 6.61 Å². The second-order valence-electron chi connectivity index (χ2n) is 3.00. The number of aryl methyl sites for hydroxylation is 1. The fourth-order valence-corrected chi connectivity index (χ4v) is 1.12. The number of hydrogen-bond acceptors (Lipinski definition) is 2. The van der Waals surface area contributed by atoms with Gasteiger partial charge in [0.2, 0.25) is 0 Å². The molecule has 2 nitrogen and oxygen atoms in total. The number of nitriles is 1. The Kier molecular flexibility index (Phi) is 3.33. The van der Waals surface area contributed by atoms with Gasteiger partial charge >= 0.3 is 0 Å². The van der Waals surface area contributed by atoms with Crippen LogP contribution in [0.15, 0.2) is 18.2 Å². The Morgan fingerprint density at radius 1 is 1.38 bits per heavy atom. The summed E-state index contributed by atoms with van der Waals surface area (Å²) in [4.78, 5) is 0. The second kappa shape index (κ2) is 4.51. The van der Waals surface area contributed by atoms with Gasteiger partial charge in [0.1, 0.15) is 5.75 Å². The van der Waals surface area contributed by atoms with Gasteiger partial charge in [0.15, 0.2) is 0 Å². The Balaban J connectivity index is 2.83. The molecule has 1 aromatic carbocycles. The summed E-state index contributed by atoms with van der Waals surface area (Å²) in [6.07, 6.45) is 0.982. The molecule has 0 heterocycles. The molecular formula is C11H13NO. The van der Waals surface area contributed by atoms with E-state index in [0.717, 1.165) is 17.7 Å². The molecule has 0 aliphatic heterocycles. The van der Waals surface area contributed by atoms with Crippen LogP contribution in [0.4, 0.5) is 0 Å². The summed E-state index contributed by atoms with van der Waals surface area (Å²) in [5.41, 5.74) is 1.72. The van der Waals surface area contributed by atoms with Crippen molar-refractivity contribution in [2.45, 2.75) is 20.3 Å². The van der Waals surface area contributed by atoms with Crippen molar-refractivity contribution in [2.24, 2.45) is 0 Å². The highest BCUT2D eigenvalue weighted by Gasteiger charge is 1.97. The van der Waals surface area contributed by atoms with E-state index >= 15 is 0 Å². The fourth-order valence-electron chi connectivity index (χ4n) is 1.12. The van der Waals surface area contributed by atoms with Crippen LogP contribution in [-0.4, -0.2) is 6.61 Å². The van der Waals surface area contributed by atoms with Crippen molar-refractivity contribution < 1.29 is 4.74 Å². The van der Waals surface area contributed by atoms with Crippen molar-refractivity contribution in [3.05, 3.63) is 29.3 Å². The highest BCUT2D eigenvalue weighted by atomic mass is 16.5. The first-order chi connectivity index (χ1) is 6.26. The average Bonchev–Trinajstić information content (AvgIpc) is 2.14. The molecule has 2 heteroatoms. The largest absolute Gasteiger partial charge is 0.494 e. The van der Waals surface area contributed by atoms with Crippen LogP contribution < -0.4 is 4.74 Å². The lowest BCUT2D eigenvalue weighted by Crippen LogP contribution is -1.95. The molecule has 1 aromatic rings. The summed E-state index contributed by atoms with van der Waals surface area (Å²) in [6, 6.07) is 7.66. The zero-order valence-electron chi connectivity index (χ0n) is 8.00. The maximum absolute atomic E-state index is 8.71. The normalized spacial score (nSPS) is 9.31. The third-order valence-corrected chi connectivity index (χ3v) is 1.65. The molecule has 0 radical (unpaired) electrons. The maximum atomic E-state index is 8.71. The van der Waals surface area contributed by atoms with Gasteiger partial charge < -0.3 is 4.74 Å². The predicted octanol–water partition coefficient (Wildman–Crippen LogP) is 2.66. The number of benzene rings is 1. The van der Waals surface area contributed by atoms with Gasteiger partial charge in [-0.15, -0.1) is 0 Å². The van der Waals surface area contributed by atoms with E-state index in [1.165, 1.54) is 0 Å². The summed E-state index contributed by atoms with van der Waals surface area (Å²) >= 11 is 0. The molecule has 1 rings (SSSR count). The number of hydrogen-bond donors (Lipinski definition) is 0. The lowest BCUT2D eigenvalue weighted by atomic mass is 10.1. The van der Waals surface area contributed by atoms with Crippen molar-refractivity contribution in [3.8, 4) is 11.8 Å². The molecule has 0 atom stereocenters. The van der Waals surface area contributed by atoms with E-state index in [9.17, 15) is 0 Å². The maximum Gasteiger partial charge on any atom is 0.120 e. The minimum atomic E-state index is 0.658. The number of ether oxygens (including phenoxy) is 1. The topological polar surface area (TPSA) is 33.0 Å². The average molecular weight is 175 g/mol. The van der Waals surface area contributed by atoms with E-state index in [0.29, 0.717) is 12.2 Å². The standard InChI is InChI=1S/C11H13NO/c1-3-4-13-11-6-9(2)5-10(7-11)8-12/h5-7H,3-4H2,1-2H3. The first kappa shape index (κ1) is 9.60. The molecule has 0 saturated carbocycles. The van der Waals surface area contributed by atoms with Gasteiger partial charge in [-0.2, -0.15) is 5.26 Å². The van der Waals surface area contributed by atoms with Crippen LogP contribution in [0.2, 0.25) is 0 Å². The molecule has 0 aliphatic carbocycles. The molecule has 68 valence electrons. The highest BCUT2D eigenvalue weighted by Crippen LogP contribution is 2.16. The fraction of sp³-hybridized carbons (Fsp3) is 0.364. The van der Waals surface area contributed by atoms with Gasteiger partial charge in [0, 0.05) is 0 Å². The molecule has 0 unspecified atom stereocenters. The molecule has 0 bridgehead atoms. The molecule has 0 aromatic heterocycles. The number of rotatable bonds is 3. The van der Waals surface area contributed by atoms with Gasteiger partial charge in [-0.05, 0) is 37.1 Å².